The van der Waals surface area contributed by atoms with Crippen LogP contribution < -0.4 is 19.7 Å². The molecule has 0 unspecified atom stereocenters. The van der Waals surface area contributed by atoms with Gasteiger partial charge in [0.15, 0.2) is 0 Å². The van der Waals surface area contributed by atoms with Gasteiger partial charge in [0.1, 0.15) is 18.0 Å². The van der Waals surface area contributed by atoms with E-state index in [9.17, 15) is 4.79 Å². The largest absolute Gasteiger partial charge is 0.497 e. The monoisotopic (exact) mass is 357 g/mol. The normalized spacial score (nSPS) is 10.7. The number of ether oxygens (including phenoxy) is 2. The quantitative estimate of drug-likeness (QED) is 0.722. The molecule has 140 valence electrons. The highest BCUT2D eigenvalue weighted by Gasteiger charge is 2.13. The molecule has 0 aromatic heterocycles. The number of hydrogen-bond donors (Lipinski definition) is 2. The predicted molar refractivity (Wildman–Crippen MR) is 103 cm³/mol. The number of nitrogens with one attached hydrogen (secondary N) is 2. The molecule has 2 rings (SSSR count). The molecule has 0 aliphatic carbocycles. The van der Waals surface area contributed by atoms with E-state index in [1.165, 1.54) is 5.56 Å². The second kappa shape index (κ2) is 9.82. The van der Waals surface area contributed by atoms with E-state index in [0.29, 0.717) is 23.6 Å². The maximum atomic E-state index is 12.5. The first-order valence-electron chi connectivity index (χ1n) is 9.02. The zero-order valence-electron chi connectivity index (χ0n) is 16.1. The maximum Gasteiger partial charge on any atom is 0.255 e. The highest BCUT2D eigenvalue weighted by Crippen LogP contribution is 2.23. The van der Waals surface area contributed by atoms with Crippen molar-refractivity contribution in [3.8, 4) is 11.5 Å². The Morgan fingerprint density at radius 2 is 1.62 bits per heavy atom. The number of rotatable bonds is 9. The summed E-state index contributed by atoms with van der Waals surface area (Å²) in [5.41, 5.74) is 2.85. The number of amides is 1. The molecule has 0 aliphatic heterocycles. The third-order valence-corrected chi connectivity index (χ3v) is 4.58. The Morgan fingerprint density at radius 3 is 2.19 bits per heavy atom. The van der Waals surface area contributed by atoms with Gasteiger partial charge >= 0.3 is 0 Å². The van der Waals surface area contributed by atoms with Crippen molar-refractivity contribution in [1.29, 1.82) is 0 Å². The van der Waals surface area contributed by atoms with E-state index < -0.39 is 0 Å². The molecule has 0 bridgehead atoms. The van der Waals surface area contributed by atoms with Gasteiger partial charge in [-0.3, -0.25) is 4.79 Å². The molecular formula is C21H29N2O3+. The predicted octanol–water partition coefficient (Wildman–Crippen LogP) is 2.06. The third kappa shape index (κ3) is 5.23. The fourth-order valence-corrected chi connectivity index (χ4v) is 2.83. The van der Waals surface area contributed by atoms with Crippen LogP contribution in [0.1, 0.15) is 35.3 Å². The van der Waals surface area contributed by atoms with Gasteiger partial charge < -0.3 is 19.7 Å². The van der Waals surface area contributed by atoms with Gasteiger partial charge in [0.05, 0.1) is 32.9 Å². The van der Waals surface area contributed by atoms with E-state index in [-0.39, 0.29) is 5.91 Å². The van der Waals surface area contributed by atoms with E-state index in [1.807, 2.05) is 0 Å². The first-order chi connectivity index (χ1) is 12.6. The van der Waals surface area contributed by atoms with Gasteiger partial charge in [-0.1, -0.05) is 24.3 Å². The molecular weight excluding hydrogens is 328 g/mol. The number of methoxy groups -OCH3 is 2. The zero-order valence-corrected chi connectivity index (χ0v) is 16.1. The molecule has 0 saturated carbocycles. The third-order valence-electron chi connectivity index (χ3n) is 4.58. The summed E-state index contributed by atoms with van der Waals surface area (Å²) >= 11 is 0. The van der Waals surface area contributed by atoms with E-state index in [2.05, 4.69) is 43.4 Å². The molecule has 0 spiro atoms. The highest BCUT2D eigenvalue weighted by molar-refractivity contribution is 5.97. The van der Waals surface area contributed by atoms with Crippen LogP contribution in [0.4, 0.5) is 0 Å². The van der Waals surface area contributed by atoms with Crippen LogP contribution in [0, 0.1) is 0 Å². The minimum Gasteiger partial charge on any atom is -0.497 e. The van der Waals surface area contributed by atoms with E-state index in [4.69, 9.17) is 9.47 Å². The summed E-state index contributed by atoms with van der Waals surface area (Å²) < 4.78 is 10.5. The van der Waals surface area contributed by atoms with Crippen LogP contribution in [0.5, 0.6) is 11.5 Å². The summed E-state index contributed by atoms with van der Waals surface area (Å²) in [7, 11) is 3.13. The molecule has 2 aromatic carbocycles. The molecule has 5 heteroatoms. The fraction of sp³-hybridized carbons (Fsp3) is 0.381. The standard InChI is InChI=1S/C21H28N2O3/c1-5-23(6-2)15-17-9-7-16(8-10-17)14-22-21(24)19-13-18(25-3)11-12-20(19)26-4/h7-13H,5-6,14-15H2,1-4H3,(H,22,24)/p+1. The number of hydrogen-bond acceptors (Lipinski definition) is 3. The Hall–Kier alpha value is -2.53. The van der Waals surface area contributed by atoms with Crippen LogP contribution in [0.15, 0.2) is 42.5 Å². The Labute approximate surface area is 155 Å². The van der Waals surface area contributed by atoms with Crippen LogP contribution in [0.2, 0.25) is 0 Å². The van der Waals surface area contributed by atoms with Gasteiger partial charge in [0.25, 0.3) is 5.91 Å². The van der Waals surface area contributed by atoms with Crippen LogP contribution in [0.3, 0.4) is 0 Å². The molecule has 2 N–H and O–H groups in total. The van der Waals surface area contributed by atoms with Gasteiger partial charge in [-0.05, 0) is 37.6 Å². The molecule has 1 amide bonds. The molecule has 0 fully saturated rings. The maximum absolute atomic E-state index is 12.5. The first-order valence-corrected chi connectivity index (χ1v) is 9.02. The van der Waals surface area contributed by atoms with Crippen LogP contribution >= 0.6 is 0 Å². The van der Waals surface area contributed by atoms with Crippen LogP contribution in [0.25, 0.3) is 0 Å². The Bertz CT molecular complexity index is 710. The van der Waals surface area contributed by atoms with E-state index in [0.717, 1.165) is 25.2 Å². The Kier molecular flexibility index (Phi) is 7.48. The van der Waals surface area contributed by atoms with Crippen LogP contribution in [-0.2, 0) is 13.1 Å². The first kappa shape index (κ1) is 19.8. The summed E-state index contributed by atoms with van der Waals surface area (Å²) in [6, 6.07) is 13.6. The van der Waals surface area contributed by atoms with E-state index >= 15 is 0 Å². The van der Waals surface area contributed by atoms with Crippen LogP contribution in [-0.4, -0.2) is 33.2 Å². The minimum atomic E-state index is -0.183. The second-order valence-corrected chi connectivity index (χ2v) is 6.20. The molecule has 2 aromatic rings. The fourth-order valence-electron chi connectivity index (χ4n) is 2.83. The topological polar surface area (TPSA) is 52.0 Å². The van der Waals surface area contributed by atoms with Crippen molar-refractivity contribution in [3.05, 3.63) is 59.2 Å². The average Bonchev–Trinajstić information content (AvgIpc) is 2.70. The molecule has 5 nitrogen and oxygen atoms in total. The number of quaternary nitrogens is 1. The van der Waals surface area contributed by atoms with Crippen molar-refractivity contribution in [2.75, 3.05) is 27.3 Å². The SMILES string of the molecule is CC[NH+](CC)Cc1ccc(CNC(=O)c2cc(OC)ccc2OC)cc1. The summed E-state index contributed by atoms with van der Waals surface area (Å²) in [5, 5.41) is 2.94. The molecule has 0 atom stereocenters. The van der Waals surface area contributed by atoms with Gasteiger partial charge in [-0.25, -0.2) is 0 Å². The average molecular weight is 357 g/mol. The van der Waals surface area contributed by atoms with Crippen molar-refractivity contribution in [2.24, 2.45) is 0 Å². The van der Waals surface area contributed by atoms with Crippen molar-refractivity contribution in [1.82, 2.24) is 5.32 Å². The molecule has 0 radical (unpaired) electrons. The van der Waals surface area contributed by atoms with Crippen molar-refractivity contribution < 1.29 is 19.2 Å². The minimum absolute atomic E-state index is 0.183. The lowest BCUT2D eigenvalue weighted by Gasteiger charge is -2.15. The van der Waals surface area contributed by atoms with Gasteiger partial charge in [0.2, 0.25) is 0 Å². The van der Waals surface area contributed by atoms with Gasteiger partial charge in [-0.2, -0.15) is 0 Å². The lowest BCUT2D eigenvalue weighted by molar-refractivity contribution is -0.910. The molecule has 0 heterocycles. The highest BCUT2D eigenvalue weighted by atomic mass is 16.5. The van der Waals surface area contributed by atoms with Gasteiger partial charge in [-0.15, -0.1) is 0 Å². The Balaban J connectivity index is 1.99. The van der Waals surface area contributed by atoms with Crippen molar-refractivity contribution in [2.45, 2.75) is 26.9 Å². The lowest BCUT2D eigenvalue weighted by Crippen LogP contribution is -3.10. The molecule has 0 saturated heterocycles. The molecule has 26 heavy (non-hydrogen) atoms. The smallest absolute Gasteiger partial charge is 0.255 e. The van der Waals surface area contributed by atoms with Crippen molar-refractivity contribution >= 4 is 5.91 Å². The molecule has 0 aliphatic rings. The second-order valence-electron chi connectivity index (χ2n) is 6.20. The zero-order chi connectivity index (χ0) is 18.9. The van der Waals surface area contributed by atoms with E-state index in [1.54, 1.807) is 37.3 Å². The van der Waals surface area contributed by atoms with Gasteiger partial charge in [0, 0.05) is 12.1 Å². The van der Waals surface area contributed by atoms with Crippen molar-refractivity contribution in [3.63, 3.8) is 0 Å². The lowest BCUT2D eigenvalue weighted by atomic mass is 10.1. The summed E-state index contributed by atoms with van der Waals surface area (Å²) in [6.45, 7) is 8.15. The Morgan fingerprint density at radius 1 is 0.962 bits per heavy atom. The number of carbonyl (C=O) groups is 1. The summed E-state index contributed by atoms with van der Waals surface area (Å²) in [5.74, 6) is 0.970. The summed E-state index contributed by atoms with van der Waals surface area (Å²) in [6.07, 6.45) is 0. The number of benzene rings is 2. The number of carbonyl (C=O) groups excluding carboxylic acids is 1. The summed E-state index contributed by atoms with van der Waals surface area (Å²) in [4.78, 5) is 14.1.